The van der Waals surface area contributed by atoms with E-state index in [0.717, 1.165) is 28.3 Å². The Morgan fingerprint density at radius 2 is 2.14 bits per heavy atom. The van der Waals surface area contributed by atoms with Gasteiger partial charge in [0.15, 0.2) is 0 Å². The quantitative estimate of drug-likeness (QED) is 0.435. The minimum absolute atomic E-state index is 0.315. The molecule has 0 radical (unpaired) electrons. The molecular formula is C16H16ClNO2S. The van der Waals surface area contributed by atoms with Gasteiger partial charge in [-0.25, -0.2) is 9.78 Å². The summed E-state index contributed by atoms with van der Waals surface area (Å²) in [6, 6.07) is 7.51. The molecule has 5 heteroatoms. The fraction of sp³-hybridized carbons (Fsp3) is 0.250. The largest absolute Gasteiger partial charge is 0.463 e. The van der Waals surface area contributed by atoms with Gasteiger partial charge >= 0.3 is 5.97 Å². The van der Waals surface area contributed by atoms with Gasteiger partial charge in [-0.05, 0) is 24.6 Å². The summed E-state index contributed by atoms with van der Waals surface area (Å²) in [5.74, 6) is -0.315. The van der Waals surface area contributed by atoms with Crippen LogP contribution >= 0.6 is 22.9 Å². The zero-order valence-corrected chi connectivity index (χ0v) is 13.3. The second kappa shape index (κ2) is 7.96. The van der Waals surface area contributed by atoms with Gasteiger partial charge in [0.25, 0.3) is 0 Å². The average molecular weight is 322 g/mol. The summed E-state index contributed by atoms with van der Waals surface area (Å²) in [4.78, 5) is 16.7. The summed E-state index contributed by atoms with van der Waals surface area (Å²) >= 11 is 7.37. The van der Waals surface area contributed by atoms with E-state index >= 15 is 0 Å². The number of halogens is 1. The molecule has 0 aliphatic heterocycles. The molecule has 21 heavy (non-hydrogen) atoms. The van der Waals surface area contributed by atoms with Crippen molar-refractivity contribution >= 4 is 35.0 Å². The van der Waals surface area contributed by atoms with Gasteiger partial charge in [0.2, 0.25) is 0 Å². The van der Waals surface area contributed by atoms with E-state index in [4.69, 9.17) is 16.3 Å². The molecule has 1 aromatic carbocycles. The van der Waals surface area contributed by atoms with Crippen LogP contribution in [-0.4, -0.2) is 17.6 Å². The number of ether oxygens (including phenoxy) is 1. The van der Waals surface area contributed by atoms with Gasteiger partial charge in [-0.2, -0.15) is 0 Å². The third kappa shape index (κ3) is 4.99. The molecule has 1 heterocycles. The Bertz CT molecular complexity index is 619. The summed E-state index contributed by atoms with van der Waals surface area (Å²) in [5.41, 5.74) is 1.01. The Labute approximate surface area is 133 Å². The molecule has 0 N–H and O–H groups in total. The summed E-state index contributed by atoms with van der Waals surface area (Å²) in [6.07, 6.45) is 6.81. The molecule has 0 saturated carbocycles. The number of carbonyl (C=O) groups is 1. The van der Waals surface area contributed by atoms with E-state index in [-0.39, 0.29) is 5.97 Å². The molecule has 0 amide bonds. The van der Waals surface area contributed by atoms with Crippen LogP contribution in [0.25, 0.3) is 16.6 Å². The third-order valence-electron chi connectivity index (χ3n) is 2.74. The van der Waals surface area contributed by atoms with Crippen molar-refractivity contribution in [1.29, 1.82) is 0 Å². The fourth-order valence-corrected chi connectivity index (χ4v) is 2.56. The van der Waals surface area contributed by atoms with Gasteiger partial charge in [-0.15, -0.1) is 11.3 Å². The Balaban J connectivity index is 1.96. The SMILES string of the molecule is CCCCOC(=O)/C=C/c1cnc(-c2ccc(Cl)cc2)s1. The molecule has 110 valence electrons. The number of hydrogen-bond acceptors (Lipinski definition) is 4. The Kier molecular flexibility index (Phi) is 5.96. The number of nitrogens with zero attached hydrogens (tertiary/aromatic N) is 1. The maximum absolute atomic E-state index is 11.5. The van der Waals surface area contributed by atoms with E-state index in [9.17, 15) is 4.79 Å². The number of benzene rings is 1. The number of hydrogen-bond donors (Lipinski definition) is 0. The summed E-state index contributed by atoms with van der Waals surface area (Å²) in [6.45, 7) is 2.53. The monoisotopic (exact) mass is 321 g/mol. The third-order valence-corrected chi connectivity index (χ3v) is 4.00. The van der Waals surface area contributed by atoms with Crippen molar-refractivity contribution in [2.24, 2.45) is 0 Å². The van der Waals surface area contributed by atoms with Gasteiger partial charge in [0, 0.05) is 27.7 Å². The lowest BCUT2D eigenvalue weighted by molar-refractivity contribution is -0.137. The fourth-order valence-electron chi connectivity index (χ4n) is 1.60. The van der Waals surface area contributed by atoms with Crippen LogP contribution in [0.5, 0.6) is 0 Å². The minimum Gasteiger partial charge on any atom is -0.463 e. The van der Waals surface area contributed by atoms with Crippen molar-refractivity contribution in [3.63, 3.8) is 0 Å². The lowest BCUT2D eigenvalue weighted by atomic mass is 10.2. The first-order valence-corrected chi connectivity index (χ1v) is 7.95. The summed E-state index contributed by atoms with van der Waals surface area (Å²) in [5, 5.41) is 1.59. The van der Waals surface area contributed by atoms with Crippen molar-refractivity contribution in [1.82, 2.24) is 4.98 Å². The summed E-state index contributed by atoms with van der Waals surface area (Å²) < 4.78 is 5.05. The molecule has 0 atom stereocenters. The van der Waals surface area contributed by atoms with Crippen molar-refractivity contribution in [2.75, 3.05) is 6.61 Å². The molecule has 1 aromatic heterocycles. The van der Waals surface area contributed by atoms with Crippen LogP contribution in [0.1, 0.15) is 24.6 Å². The first-order chi connectivity index (χ1) is 10.2. The van der Waals surface area contributed by atoms with Crippen LogP contribution in [0.2, 0.25) is 5.02 Å². The predicted molar refractivity (Wildman–Crippen MR) is 87.5 cm³/mol. The molecule has 0 bridgehead atoms. The maximum atomic E-state index is 11.5. The summed E-state index contributed by atoms with van der Waals surface area (Å²) in [7, 11) is 0. The van der Waals surface area contributed by atoms with Crippen LogP contribution in [0.3, 0.4) is 0 Å². The smallest absolute Gasteiger partial charge is 0.330 e. The highest BCUT2D eigenvalue weighted by molar-refractivity contribution is 7.15. The van der Waals surface area contributed by atoms with E-state index < -0.39 is 0 Å². The molecule has 0 aliphatic carbocycles. The molecule has 0 spiro atoms. The molecule has 2 rings (SSSR count). The topological polar surface area (TPSA) is 39.2 Å². The number of thiazole rings is 1. The lowest BCUT2D eigenvalue weighted by Crippen LogP contribution is -2.01. The van der Waals surface area contributed by atoms with Crippen molar-refractivity contribution in [2.45, 2.75) is 19.8 Å². The number of carbonyl (C=O) groups excluding carboxylic acids is 1. The second-order valence-electron chi connectivity index (χ2n) is 4.43. The number of aromatic nitrogens is 1. The minimum atomic E-state index is -0.315. The predicted octanol–water partition coefficient (Wildman–Crippen LogP) is 4.82. The number of esters is 1. The molecule has 0 fully saturated rings. The van der Waals surface area contributed by atoms with Crippen LogP contribution in [0.15, 0.2) is 36.5 Å². The van der Waals surface area contributed by atoms with E-state index in [1.54, 1.807) is 12.3 Å². The van der Waals surface area contributed by atoms with E-state index in [1.807, 2.05) is 24.3 Å². The van der Waals surface area contributed by atoms with Crippen molar-refractivity contribution in [3.05, 3.63) is 46.4 Å². The standard InChI is InChI=1S/C16H16ClNO2S/c1-2-3-10-20-15(19)9-8-14-11-18-16(21-14)12-4-6-13(17)7-5-12/h4-9,11H,2-3,10H2,1H3/b9-8+. The molecule has 3 nitrogen and oxygen atoms in total. The Hall–Kier alpha value is -1.65. The average Bonchev–Trinajstić information content (AvgIpc) is 2.95. The molecule has 2 aromatic rings. The van der Waals surface area contributed by atoms with Crippen LogP contribution in [-0.2, 0) is 9.53 Å². The normalized spacial score (nSPS) is 11.0. The first kappa shape index (κ1) is 15.7. The highest BCUT2D eigenvalue weighted by Crippen LogP contribution is 2.26. The van der Waals surface area contributed by atoms with Gasteiger partial charge < -0.3 is 4.74 Å². The van der Waals surface area contributed by atoms with Crippen LogP contribution in [0.4, 0.5) is 0 Å². The highest BCUT2D eigenvalue weighted by atomic mass is 35.5. The van der Waals surface area contributed by atoms with E-state index in [0.29, 0.717) is 11.6 Å². The van der Waals surface area contributed by atoms with Crippen molar-refractivity contribution in [3.8, 4) is 10.6 Å². The molecule has 0 unspecified atom stereocenters. The zero-order chi connectivity index (χ0) is 15.1. The van der Waals surface area contributed by atoms with Gasteiger partial charge in [0.05, 0.1) is 6.61 Å². The second-order valence-corrected chi connectivity index (χ2v) is 5.93. The Morgan fingerprint density at radius 1 is 1.38 bits per heavy atom. The van der Waals surface area contributed by atoms with E-state index in [1.165, 1.54) is 17.4 Å². The lowest BCUT2D eigenvalue weighted by Gasteiger charge is -1.98. The van der Waals surface area contributed by atoms with Crippen molar-refractivity contribution < 1.29 is 9.53 Å². The molecule has 0 aliphatic rings. The zero-order valence-electron chi connectivity index (χ0n) is 11.7. The van der Waals surface area contributed by atoms with Crippen LogP contribution < -0.4 is 0 Å². The Morgan fingerprint density at radius 3 is 2.86 bits per heavy atom. The molecular weight excluding hydrogens is 306 g/mol. The van der Waals surface area contributed by atoms with Gasteiger partial charge in [-0.3, -0.25) is 0 Å². The molecule has 0 saturated heterocycles. The number of rotatable bonds is 6. The van der Waals surface area contributed by atoms with Gasteiger partial charge in [-0.1, -0.05) is 37.1 Å². The highest BCUT2D eigenvalue weighted by Gasteiger charge is 2.03. The maximum Gasteiger partial charge on any atom is 0.330 e. The van der Waals surface area contributed by atoms with Gasteiger partial charge in [0.1, 0.15) is 5.01 Å². The van der Waals surface area contributed by atoms with E-state index in [2.05, 4.69) is 11.9 Å². The number of unbranched alkanes of at least 4 members (excludes halogenated alkanes) is 1. The van der Waals surface area contributed by atoms with Crippen LogP contribution in [0, 0.1) is 0 Å². The first-order valence-electron chi connectivity index (χ1n) is 6.75.